The van der Waals surface area contributed by atoms with Crippen LogP contribution in [-0.4, -0.2) is 65.5 Å². The molecule has 0 saturated carbocycles. The number of nitrogens with zero attached hydrogens (tertiary/aromatic N) is 3. The molecule has 6 aromatic rings. The molecule has 2 aromatic heterocycles. The summed E-state index contributed by atoms with van der Waals surface area (Å²) in [7, 11) is 0. The van der Waals surface area contributed by atoms with E-state index < -0.39 is 0 Å². The van der Waals surface area contributed by atoms with Crippen molar-refractivity contribution in [2.75, 3.05) is 36.4 Å². The third kappa shape index (κ3) is 6.41. The molecular formula is C40H37BCl2N6O2. The zero-order valence-corrected chi connectivity index (χ0v) is 29.7. The number of fused-ring (bicyclic) bond motifs is 1. The molecule has 3 N–H and O–H groups in total. The van der Waals surface area contributed by atoms with Crippen LogP contribution in [0.25, 0.3) is 33.2 Å². The second kappa shape index (κ2) is 14.0. The second-order valence-corrected chi connectivity index (χ2v) is 14.1. The first kappa shape index (κ1) is 33.2. The summed E-state index contributed by atoms with van der Waals surface area (Å²) in [5.41, 5.74) is 7.77. The zero-order valence-electron chi connectivity index (χ0n) is 28.2. The van der Waals surface area contributed by atoms with Crippen LogP contribution in [0.5, 0.6) is 0 Å². The molecule has 1 atom stereocenters. The van der Waals surface area contributed by atoms with Gasteiger partial charge in [0.1, 0.15) is 0 Å². The summed E-state index contributed by atoms with van der Waals surface area (Å²) in [4.78, 5) is 34.7. The summed E-state index contributed by atoms with van der Waals surface area (Å²) >= 11 is 12.8. The average molecular weight is 715 g/mol. The summed E-state index contributed by atoms with van der Waals surface area (Å²) < 4.78 is 2.23. The molecule has 0 radical (unpaired) electrons. The Bertz CT molecular complexity index is 2230. The van der Waals surface area contributed by atoms with E-state index in [1.165, 1.54) is 0 Å². The monoisotopic (exact) mass is 714 g/mol. The van der Waals surface area contributed by atoms with E-state index in [1.807, 2.05) is 83.8 Å². The van der Waals surface area contributed by atoms with E-state index >= 15 is 0 Å². The number of piperidine rings is 1. The van der Waals surface area contributed by atoms with Gasteiger partial charge in [0.15, 0.2) is 0 Å². The van der Waals surface area contributed by atoms with Gasteiger partial charge in [-0.15, -0.1) is 0 Å². The fourth-order valence-electron chi connectivity index (χ4n) is 7.67. The van der Waals surface area contributed by atoms with Gasteiger partial charge >= 0.3 is 281 Å². The normalized spacial score (nSPS) is 15.6. The minimum absolute atomic E-state index is 0.0284. The van der Waals surface area contributed by atoms with Crippen LogP contribution in [0.1, 0.15) is 41.9 Å². The van der Waals surface area contributed by atoms with Gasteiger partial charge in [-0.25, -0.2) is 4.79 Å². The number of benzene rings is 4. The van der Waals surface area contributed by atoms with Crippen LogP contribution in [0.15, 0.2) is 103 Å². The maximum absolute atomic E-state index is 14.6. The van der Waals surface area contributed by atoms with Gasteiger partial charge in [-0.05, 0) is 0 Å². The van der Waals surface area contributed by atoms with Gasteiger partial charge in [0.05, 0.1) is 0 Å². The number of nitrogens with one attached hydrogen (secondary N) is 3. The van der Waals surface area contributed by atoms with Crippen LogP contribution in [0.3, 0.4) is 0 Å². The summed E-state index contributed by atoms with van der Waals surface area (Å²) in [6.07, 6.45) is 3.83. The van der Waals surface area contributed by atoms with Gasteiger partial charge in [-0.1, -0.05) is 0 Å². The molecule has 4 heterocycles. The van der Waals surface area contributed by atoms with Crippen LogP contribution in [-0.2, 0) is 0 Å². The third-order valence-corrected chi connectivity index (χ3v) is 10.8. The molecule has 3 amide bonds. The molecule has 11 heteroatoms. The minimum atomic E-state index is -0.251. The molecule has 0 bridgehead atoms. The SMILES string of the molecule is CC(c1ccc(Cl)cc1)n1cbc(-c2ccccc2)c1-c1c(C(=O)Nc2ccccc2N2CCC(N3CCNC3=O)CC2)[nH]c2cc(Cl)ccc12. The van der Waals surface area contributed by atoms with Gasteiger partial charge < -0.3 is 10.2 Å². The fourth-order valence-corrected chi connectivity index (χ4v) is 7.96. The molecule has 51 heavy (non-hydrogen) atoms. The Morgan fingerprint density at radius 3 is 2.37 bits per heavy atom. The number of amides is 3. The molecule has 0 aliphatic carbocycles. The number of rotatable bonds is 8. The fraction of sp³-hybridized carbons (Fsp3) is 0.225. The van der Waals surface area contributed by atoms with Crippen LogP contribution in [0, 0.1) is 0 Å². The molecule has 4 aromatic carbocycles. The second-order valence-electron chi connectivity index (χ2n) is 13.3. The van der Waals surface area contributed by atoms with Gasteiger partial charge in [0.25, 0.3) is 0 Å². The number of halogens is 2. The Morgan fingerprint density at radius 1 is 0.902 bits per heavy atom. The Balaban J connectivity index is 1.19. The molecule has 2 aliphatic heterocycles. The average Bonchev–Trinajstić information content (AvgIpc) is 3.89. The molecule has 8 rings (SSSR count). The number of hydrogen-bond donors (Lipinski definition) is 3. The predicted octanol–water partition coefficient (Wildman–Crippen LogP) is 8.80. The molecule has 0 spiro atoms. The Kier molecular flexibility index (Phi) is 9.09. The standard InChI is InChI=1S/C40H37BCl2N6O2/c1-25(26-11-13-28(42)14-12-26)49-24-41-36(27-7-3-2-4-8-27)38(49)35-31-16-15-29(43)23-33(31)45-37(35)39(50)46-32-9-5-6-10-34(32)47-20-17-30(18-21-47)48-22-19-44-40(48)51/h2-16,23-25,30,45H,17-22H2,1H3,(H,44,51)(H,46,50). The third-order valence-electron chi connectivity index (χ3n) is 10.3. The Labute approximate surface area is 307 Å². The van der Waals surface area contributed by atoms with Crippen molar-refractivity contribution >= 4 is 64.3 Å². The number of H-pyrrole nitrogens is 1. The number of hydrogen-bond acceptors (Lipinski definition) is 3. The van der Waals surface area contributed by atoms with Crippen molar-refractivity contribution in [1.82, 2.24) is 19.8 Å². The van der Waals surface area contributed by atoms with E-state index in [4.69, 9.17) is 23.2 Å². The van der Waals surface area contributed by atoms with Crippen LogP contribution < -0.4 is 15.5 Å². The van der Waals surface area contributed by atoms with Crippen molar-refractivity contribution in [2.45, 2.75) is 31.8 Å². The van der Waals surface area contributed by atoms with E-state index in [9.17, 15) is 9.59 Å². The number of aromatic nitrogens is 2. The quantitative estimate of drug-likeness (QED) is 0.147. The van der Waals surface area contributed by atoms with Crippen molar-refractivity contribution in [3.8, 4) is 22.3 Å². The summed E-state index contributed by atoms with van der Waals surface area (Å²) in [5.74, 6) is -0.251. The van der Waals surface area contributed by atoms with Gasteiger partial charge in [0.2, 0.25) is 0 Å². The number of carbonyl (C=O) groups is 2. The van der Waals surface area contributed by atoms with Crippen LogP contribution in [0.2, 0.25) is 10.0 Å². The summed E-state index contributed by atoms with van der Waals surface area (Å²) in [6, 6.07) is 32.0. The van der Waals surface area contributed by atoms with Crippen molar-refractivity contribution in [3.63, 3.8) is 0 Å². The number of anilines is 2. The van der Waals surface area contributed by atoms with Crippen molar-refractivity contribution in [3.05, 3.63) is 124 Å². The van der Waals surface area contributed by atoms with Crippen LogP contribution >= 0.6 is 23.2 Å². The summed E-state index contributed by atoms with van der Waals surface area (Å²) in [6.45, 7) is 7.30. The molecule has 1 unspecified atom stereocenters. The first-order valence-electron chi connectivity index (χ1n) is 17.4. The zero-order chi connectivity index (χ0) is 35.1. The van der Waals surface area contributed by atoms with E-state index in [0.29, 0.717) is 22.3 Å². The number of para-hydroxylation sites is 2. The Morgan fingerprint density at radius 2 is 1.63 bits per heavy atom. The van der Waals surface area contributed by atoms with Gasteiger partial charge in [-0.3, -0.25) is 0 Å². The molecule has 2 aliphatic rings. The summed E-state index contributed by atoms with van der Waals surface area (Å²) in [5, 5.41) is 8.36. The van der Waals surface area contributed by atoms with Gasteiger partial charge in [0, 0.05) is 13.1 Å². The maximum atomic E-state index is 14.6. The van der Waals surface area contributed by atoms with Crippen molar-refractivity contribution < 1.29 is 9.59 Å². The van der Waals surface area contributed by atoms with E-state index in [1.54, 1.807) is 0 Å². The molecular weight excluding hydrogens is 678 g/mol. The molecule has 2 saturated heterocycles. The number of aromatic amines is 1. The predicted molar refractivity (Wildman–Crippen MR) is 209 cm³/mol. The first-order chi connectivity index (χ1) is 24.9. The van der Waals surface area contributed by atoms with Crippen LogP contribution in [0.4, 0.5) is 16.2 Å². The molecule has 2 fully saturated rings. The van der Waals surface area contributed by atoms with Crippen molar-refractivity contribution in [1.29, 1.82) is 0 Å². The Hall–Kier alpha value is -4.99. The topological polar surface area (TPSA) is 85.4 Å². The number of urea groups is 1. The van der Waals surface area contributed by atoms with E-state index in [-0.39, 0.29) is 24.0 Å². The van der Waals surface area contributed by atoms with E-state index in [2.05, 4.69) is 63.2 Å². The van der Waals surface area contributed by atoms with Crippen molar-refractivity contribution in [2.24, 2.45) is 0 Å². The molecule has 256 valence electrons. The van der Waals surface area contributed by atoms with E-state index in [0.717, 1.165) is 82.6 Å². The number of carbonyl (C=O) groups excluding carboxylic acids is 2. The van der Waals surface area contributed by atoms with Gasteiger partial charge in [-0.2, -0.15) is 0 Å². The first-order valence-corrected chi connectivity index (χ1v) is 18.1. The molecule has 8 nitrogen and oxygen atoms in total.